The van der Waals surface area contributed by atoms with Gasteiger partial charge in [0, 0.05) is 7.05 Å². The second kappa shape index (κ2) is 8.06. The molecule has 148 valence electrons. The Labute approximate surface area is 165 Å². The zero-order chi connectivity index (χ0) is 20.3. The van der Waals surface area contributed by atoms with Gasteiger partial charge in [0.1, 0.15) is 5.82 Å². The van der Waals surface area contributed by atoms with Crippen molar-refractivity contribution in [2.45, 2.75) is 38.0 Å². The van der Waals surface area contributed by atoms with Crippen LogP contribution in [0, 0.1) is 6.92 Å². The molecule has 1 aromatic heterocycles. The molecule has 0 spiro atoms. The normalized spacial score (nSPS) is 11.5. The number of nitrogens with zero attached hydrogens (tertiary/aromatic N) is 2. The van der Waals surface area contributed by atoms with Crippen molar-refractivity contribution < 1.29 is 8.42 Å². The van der Waals surface area contributed by atoms with E-state index in [0.29, 0.717) is 23.5 Å². The molecular formula is C21H25N3O3S. The Morgan fingerprint density at radius 2 is 1.64 bits per heavy atom. The van der Waals surface area contributed by atoms with E-state index >= 15 is 0 Å². The van der Waals surface area contributed by atoms with Crippen LogP contribution in [0.1, 0.15) is 30.9 Å². The van der Waals surface area contributed by atoms with E-state index in [9.17, 15) is 13.2 Å². The Kier molecular flexibility index (Phi) is 5.74. The van der Waals surface area contributed by atoms with Crippen LogP contribution in [-0.4, -0.2) is 17.8 Å². The van der Waals surface area contributed by atoms with E-state index in [1.165, 1.54) is 4.68 Å². The van der Waals surface area contributed by atoms with Crippen molar-refractivity contribution in [3.8, 4) is 5.69 Å². The van der Waals surface area contributed by atoms with E-state index < -0.39 is 10.0 Å². The van der Waals surface area contributed by atoms with Crippen LogP contribution in [0.25, 0.3) is 5.69 Å². The molecule has 2 aromatic carbocycles. The number of unbranched alkanes of at least 4 members (excludes halogenated alkanes) is 1. The average Bonchev–Trinajstić information content (AvgIpc) is 2.90. The van der Waals surface area contributed by atoms with Crippen molar-refractivity contribution in [3.63, 3.8) is 0 Å². The Morgan fingerprint density at radius 1 is 1.00 bits per heavy atom. The molecule has 0 aliphatic heterocycles. The predicted octanol–water partition coefficient (Wildman–Crippen LogP) is 3.63. The van der Waals surface area contributed by atoms with Gasteiger partial charge >= 0.3 is 0 Å². The Morgan fingerprint density at radius 3 is 2.25 bits per heavy atom. The monoisotopic (exact) mass is 399 g/mol. The molecule has 0 aliphatic carbocycles. The smallest absolute Gasteiger partial charge is 0.267 e. The fraction of sp³-hybridized carbons (Fsp3) is 0.286. The highest BCUT2D eigenvalue weighted by Crippen LogP contribution is 2.22. The maximum Gasteiger partial charge on any atom is 0.276 e. The van der Waals surface area contributed by atoms with Crippen LogP contribution in [-0.2, 0) is 23.5 Å². The number of hydrogen-bond donors (Lipinski definition) is 1. The van der Waals surface area contributed by atoms with E-state index in [1.807, 2.05) is 44.2 Å². The van der Waals surface area contributed by atoms with E-state index in [1.54, 1.807) is 36.0 Å². The quantitative estimate of drug-likeness (QED) is 0.659. The van der Waals surface area contributed by atoms with Gasteiger partial charge in [-0.25, -0.2) is 13.1 Å². The highest BCUT2D eigenvalue weighted by molar-refractivity contribution is 7.92. The van der Waals surface area contributed by atoms with E-state index in [4.69, 9.17) is 0 Å². The lowest BCUT2D eigenvalue weighted by atomic mass is 10.1. The summed E-state index contributed by atoms with van der Waals surface area (Å²) in [5.74, 6) is 0.308. The molecule has 0 fully saturated rings. The van der Waals surface area contributed by atoms with Gasteiger partial charge in [0.2, 0.25) is 0 Å². The first-order chi connectivity index (χ1) is 13.3. The van der Waals surface area contributed by atoms with Crippen molar-refractivity contribution >= 4 is 15.8 Å². The second-order valence-corrected chi connectivity index (χ2v) is 8.51. The Hall–Kier alpha value is -2.80. The van der Waals surface area contributed by atoms with Gasteiger partial charge in [-0.15, -0.1) is 0 Å². The number of sulfonamides is 1. The lowest BCUT2D eigenvalue weighted by Crippen LogP contribution is -2.21. The van der Waals surface area contributed by atoms with Crippen molar-refractivity contribution in [2.24, 2.45) is 7.05 Å². The van der Waals surface area contributed by atoms with Gasteiger partial charge in [-0.3, -0.25) is 14.2 Å². The molecule has 0 saturated heterocycles. The van der Waals surface area contributed by atoms with Gasteiger partial charge in [-0.2, -0.15) is 0 Å². The summed E-state index contributed by atoms with van der Waals surface area (Å²) in [6.07, 6.45) is 2.21. The molecule has 0 atom stereocenters. The summed E-state index contributed by atoms with van der Waals surface area (Å²) < 4.78 is 31.5. The second-order valence-electron chi connectivity index (χ2n) is 6.83. The summed E-state index contributed by atoms with van der Waals surface area (Å²) >= 11 is 0. The van der Waals surface area contributed by atoms with Crippen LogP contribution in [0.15, 0.2) is 64.3 Å². The SMILES string of the molecule is CCCCc1c(NS(=O)(=O)c2ccc(C)cc2)n(C)n(-c2ccccc2)c1=O. The molecule has 0 unspecified atom stereocenters. The first kappa shape index (κ1) is 19.9. The Balaban J connectivity index is 2.11. The number of aromatic nitrogens is 2. The highest BCUT2D eigenvalue weighted by Gasteiger charge is 2.23. The van der Waals surface area contributed by atoms with Crippen molar-refractivity contribution in [3.05, 3.63) is 76.1 Å². The fourth-order valence-electron chi connectivity index (χ4n) is 3.13. The van der Waals surface area contributed by atoms with Gasteiger partial charge in [-0.1, -0.05) is 49.2 Å². The minimum Gasteiger partial charge on any atom is -0.267 e. The van der Waals surface area contributed by atoms with E-state index in [0.717, 1.165) is 18.4 Å². The molecule has 0 saturated carbocycles. The number of aryl methyl sites for hydroxylation is 1. The minimum atomic E-state index is -3.81. The van der Waals surface area contributed by atoms with Gasteiger partial charge < -0.3 is 0 Å². The molecule has 0 aliphatic rings. The third-order valence-electron chi connectivity index (χ3n) is 4.70. The number of benzene rings is 2. The number of rotatable bonds is 7. The van der Waals surface area contributed by atoms with Crippen LogP contribution in [0.4, 0.5) is 5.82 Å². The minimum absolute atomic E-state index is 0.166. The maximum absolute atomic E-state index is 13.1. The van der Waals surface area contributed by atoms with Crippen LogP contribution in [0.2, 0.25) is 0 Å². The van der Waals surface area contributed by atoms with Gasteiger partial charge in [0.15, 0.2) is 0 Å². The molecule has 0 radical (unpaired) electrons. The van der Waals surface area contributed by atoms with E-state index in [-0.39, 0.29) is 10.5 Å². The summed E-state index contributed by atoms with van der Waals surface area (Å²) in [5.41, 5.74) is 1.94. The molecule has 6 nitrogen and oxygen atoms in total. The molecule has 28 heavy (non-hydrogen) atoms. The number of para-hydroxylation sites is 1. The summed E-state index contributed by atoms with van der Waals surface area (Å²) in [4.78, 5) is 13.3. The summed E-state index contributed by atoms with van der Waals surface area (Å²) in [6, 6.07) is 15.8. The molecule has 3 rings (SSSR count). The first-order valence-electron chi connectivity index (χ1n) is 9.31. The van der Waals surface area contributed by atoms with E-state index in [2.05, 4.69) is 4.72 Å². The number of anilines is 1. The molecule has 1 N–H and O–H groups in total. The summed E-state index contributed by atoms with van der Waals surface area (Å²) in [5, 5.41) is 0. The van der Waals surface area contributed by atoms with Gasteiger partial charge in [-0.05, 0) is 44.0 Å². The molecule has 7 heteroatoms. The van der Waals surface area contributed by atoms with Crippen LogP contribution in [0.5, 0.6) is 0 Å². The lowest BCUT2D eigenvalue weighted by molar-refractivity contribution is 0.598. The topological polar surface area (TPSA) is 73.1 Å². The molecule has 0 amide bonds. The highest BCUT2D eigenvalue weighted by atomic mass is 32.2. The maximum atomic E-state index is 13.1. The van der Waals surface area contributed by atoms with Crippen LogP contribution in [0.3, 0.4) is 0 Å². The third kappa shape index (κ3) is 3.89. The van der Waals surface area contributed by atoms with Crippen LogP contribution < -0.4 is 10.3 Å². The van der Waals surface area contributed by atoms with Gasteiger partial charge in [0.25, 0.3) is 15.6 Å². The summed E-state index contributed by atoms with van der Waals surface area (Å²) in [7, 11) is -2.12. The van der Waals surface area contributed by atoms with Crippen molar-refractivity contribution in [1.82, 2.24) is 9.36 Å². The number of hydrogen-bond acceptors (Lipinski definition) is 3. The first-order valence-corrected chi connectivity index (χ1v) is 10.8. The largest absolute Gasteiger partial charge is 0.276 e. The average molecular weight is 400 g/mol. The molecular weight excluding hydrogens is 374 g/mol. The zero-order valence-electron chi connectivity index (χ0n) is 16.3. The lowest BCUT2D eigenvalue weighted by Gasteiger charge is -2.13. The molecule has 1 heterocycles. The van der Waals surface area contributed by atoms with Crippen molar-refractivity contribution in [1.29, 1.82) is 0 Å². The molecule has 3 aromatic rings. The Bertz CT molecular complexity index is 1110. The summed E-state index contributed by atoms with van der Waals surface area (Å²) in [6.45, 7) is 3.94. The predicted molar refractivity (Wildman–Crippen MR) is 112 cm³/mol. The fourth-order valence-corrected chi connectivity index (χ4v) is 4.25. The van der Waals surface area contributed by atoms with Crippen LogP contribution >= 0.6 is 0 Å². The number of nitrogens with one attached hydrogen (secondary N) is 1. The third-order valence-corrected chi connectivity index (χ3v) is 6.06. The zero-order valence-corrected chi connectivity index (χ0v) is 17.2. The molecule has 0 bridgehead atoms. The van der Waals surface area contributed by atoms with Crippen molar-refractivity contribution in [2.75, 3.05) is 4.72 Å². The van der Waals surface area contributed by atoms with Gasteiger partial charge in [0.05, 0.1) is 16.1 Å². The standard InChI is InChI=1S/C21H25N3O3S/c1-4-5-11-19-20(22-28(26,27)18-14-12-16(2)13-15-18)23(3)24(21(19)25)17-9-7-6-8-10-17/h6-10,12-15,22H,4-5,11H2,1-3H3.